The largest absolute Gasteiger partial charge is 0.481 e. The Bertz CT molecular complexity index is 639. The van der Waals surface area contributed by atoms with Crippen molar-refractivity contribution in [1.29, 1.82) is 0 Å². The summed E-state index contributed by atoms with van der Waals surface area (Å²) in [6.07, 6.45) is 1.63. The van der Waals surface area contributed by atoms with E-state index in [1.54, 1.807) is 6.20 Å². The van der Waals surface area contributed by atoms with Gasteiger partial charge in [0.05, 0.1) is 38.2 Å². The third kappa shape index (κ3) is 3.34. The van der Waals surface area contributed by atoms with Gasteiger partial charge in [0.15, 0.2) is 10.8 Å². The molecule has 21 heavy (non-hydrogen) atoms. The summed E-state index contributed by atoms with van der Waals surface area (Å²) >= 11 is 1.19. The first-order chi connectivity index (χ1) is 10.2. The molecule has 1 N–H and O–H groups in total. The lowest BCUT2D eigenvalue weighted by Crippen LogP contribution is -2.32. The zero-order chi connectivity index (χ0) is 14.7. The molecule has 0 bridgehead atoms. The summed E-state index contributed by atoms with van der Waals surface area (Å²) in [7, 11) is 0. The number of aromatic nitrogens is 3. The second-order valence-electron chi connectivity index (χ2n) is 4.60. The number of rotatable bonds is 5. The average molecular weight is 309 g/mol. The van der Waals surface area contributed by atoms with Gasteiger partial charge in [0.1, 0.15) is 5.52 Å². The summed E-state index contributed by atoms with van der Waals surface area (Å²) in [5.74, 6) is -0.908. The van der Waals surface area contributed by atoms with Crippen LogP contribution in [0.25, 0.3) is 11.2 Å². The smallest absolute Gasteiger partial charge is 0.313 e. The first-order valence-corrected chi connectivity index (χ1v) is 7.58. The van der Waals surface area contributed by atoms with Crippen LogP contribution in [-0.2, 0) is 20.8 Å². The summed E-state index contributed by atoms with van der Waals surface area (Å²) in [6.45, 7) is 2.26. The second kappa shape index (κ2) is 6.42. The molecule has 2 aromatic rings. The van der Waals surface area contributed by atoms with Crippen molar-refractivity contribution in [2.75, 3.05) is 25.6 Å². The van der Waals surface area contributed by atoms with Crippen molar-refractivity contribution >= 4 is 28.9 Å². The zero-order valence-corrected chi connectivity index (χ0v) is 12.1. The summed E-state index contributed by atoms with van der Waals surface area (Å²) in [4.78, 5) is 19.6. The van der Waals surface area contributed by atoms with Crippen LogP contribution < -0.4 is 0 Å². The van der Waals surface area contributed by atoms with Crippen molar-refractivity contribution in [3.63, 3.8) is 0 Å². The molecule has 1 aliphatic rings. The maximum absolute atomic E-state index is 10.8. The molecule has 0 radical (unpaired) electrons. The molecular weight excluding hydrogens is 294 g/mol. The third-order valence-electron chi connectivity index (χ3n) is 3.06. The number of nitrogens with zero attached hydrogens (tertiary/aromatic N) is 3. The number of pyridine rings is 1. The van der Waals surface area contributed by atoms with Gasteiger partial charge < -0.3 is 19.1 Å². The average Bonchev–Trinajstić information content (AvgIpc) is 2.84. The third-order valence-corrected chi connectivity index (χ3v) is 4.03. The number of hydrogen-bond donors (Lipinski definition) is 1. The van der Waals surface area contributed by atoms with E-state index in [9.17, 15) is 4.79 Å². The minimum atomic E-state index is -0.871. The topological polar surface area (TPSA) is 86.5 Å². The molecule has 0 aromatic carbocycles. The quantitative estimate of drug-likeness (QED) is 0.825. The van der Waals surface area contributed by atoms with E-state index >= 15 is 0 Å². The Balaban J connectivity index is 1.88. The van der Waals surface area contributed by atoms with Gasteiger partial charge in [-0.2, -0.15) is 0 Å². The highest BCUT2D eigenvalue weighted by atomic mass is 32.2. The predicted molar refractivity (Wildman–Crippen MR) is 76.4 cm³/mol. The minimum Gasteiger partial charge on any atom is -0.481 e. The number of carbonyl (C=O) groups is 1. The fourth-order valence-corrected chi connectivity index (χ4v) is 2.92. The van der Waals surface area contributed by atoms with E-state index in [4.69, 9.17) is 14.6 Å². The molecule has 112 valence electrons. The Morgan fingerprint density at radius 3 is 3.19 bits per heavy atom. The number of aliphatic carboxylic acids is 1. The number of ether oxygens (including phenoxy) is 2. The van der Waals surface area contributed by atoms with Crippen LogP contribution in [-0.4, -0.2) is 57.3 Å². The van der Waals surface area contributed by atoms with Gasteiger partial charge >= 0.3 is 5.97 Å². The van der Waals surface area contributed by atoms with Crippen LogP contribution in [0.15, 0.2) is 23.5 Å². The molecule has 0 saturated carbocycles. The molecule has 1 saturated heterocycles. The second-order valence-corrected chi connectivity index (χ2v) is 5.54. The molecule has 8 heteroatoms. The first kappa shape index (κ1) is 14.3. The van der Waals surface area contributed by atoms with Crippen LogP contribution in [0.2, 0.25) is 0 Å². The number of imidazole rings is 1. The molecule has 2 aromatic heterocycles. The highest BCUT2D eigenvalue weighted by Gasteiger charge is 2.20. The van der Waals surface area contributed by atoms with E-state index in [1.807, 2.05) is 16.7 Å². The van der Waals surface area contributed by atoms with Crippen molar-refractivity contribution in [3.05, 3.63) is 18.3 Å². The molecule has 1 fully saturated rings. The van der Waals surface area contributed by atoms with E-state index in [0.717, 1.165) is 11.2 Å². The van der Waals surface area contributed by atoms with Crippen molar-refractivity contribution in [2.24, 2.45) is 0 Å². The van der Waals surface area contributed by atoms with Gasteiger partial charge in [-0.3, -0.25) is 4.79 Å². The van der Waals surface area contributed by atoms with Gasteiger partial charge in [-0.25, -0.2) is 9.97 Å². The number of carboxylic acid groups (broad SMARTS) is 1. The number of thioether (sulfide) groups is 1. The highest BCUT2D eigenvalue weighted by molar-refractivity contribution is 7.99. The monoisotopic (exact) mass is 309 g/mol. The zero-order valence-electron chi connectivity index (χ0n) is 11.3. The van der Waals surface area contributed by atoms with Crippen LogP contribution >= 0.6 is 11.8 Å². The summed E-state index contributed by atoms with van der Waals surface area (Å²) in [6, 6.07) is 3.67. The molecule has 0 amide bonds. The maximum Gasteiger partial charge on any atom is 0.313 e. The van der Waals surface area contributed by atoms with Crippen molar-refractivity contribution in [1.82, 2.24) is 14.5 Å². The Kier molecular flexibility index (Phi) is 4.37. The van der Waals surface area contributed by atoms with E-state index in [0.29, 0.717) is 31.5 Å². The fourth-order valence-electron chi connectivity index (χ4n) is 2.18. The van der Waals surface area contributed by atoms with E-state index in [1.165, 1.54) is 11.8 Å². The molecule has 3 heterocycles. The Morgan fingerprint density at radius 2 is 2.43 bits per heavy atom. The first-order valence-electron chi connectivity index (χ1n) is 6.59. The predicted octanol–water partition coefficient (Wildman–Crippen LogP) is 1.02. The normalized spacial score (nSPS) is 19.0. The van der Waals surface area contributed by atoms with E-state index in [2.05, 4.69) is 9.97 Å². The Hall–Kier alpha value is -1.64. The Labute approximate surface area is 125 Å². The molecule has 1 aliphatic heterocycles. The highest BCUT2D eigenvalue weighted by Crippen LogP contribution is 2.23. The van der Waals surface area contributed by atoms with Crippen LogP contribution in [0.5, 0.6) is 0 Å². The van der Waals surface area contributed by atoms with Crippen LogP contribution in [0.3, 0.4) is 0 Å². The van der Waals surface area contributed by atoms with Crippen LogP contribution in [0.4, 0.5) is 0 Å². The van der Waals surface area contributed by atoms with Crippen molar-refractivity contribution in [2.45, 2.75) is 17.8 Å². The molecule has 3 rings (SSSR count). The van der Waals surface area contributed by atoms with Gasteiger partial charge in [-0.1, -0.05) is 11.8 Å². The molecule has 0 aliphatic carbocycles. The lowest BCUT2D eigenvalue weighted by molar-refractivity contribution is -0.133. The van der Waals surface area contributed by atoms with Crippen molar-refractivity contribution in [3.8, 4) is 0 Å². The lowest BCUT2D eigenvalue weighted by Gasteiger charge is -2.23. The summed E-state index contributed by atoms with van der Waals surface area (Å²) in [5.41, 5.74) is 1.49. The number of carboxylic acids is 1. The van der Waals surface area contributed by atoms with Gasteiger partial charge in [-0.15, -0.1) is 0 Å². The number of fused-ring (bicyclic) bond motifs is 1. The Morgan fingerprint density at radius 1 is 1.52 bits per heavy atom. The molecule has 7 nitrogen and oxygen atoms in total. The van der Waals surface area contributed by atoms with Gasteiger partial charge in [0, 0.05) is 6.20 Å². The molecule has 0 spiro atoms. The lowest BCUT2D eigenvalue weighted by atomic mass is 10.3. The van der Waals surface area contributed by atoms with Gasteiger partial charge in [0.25, 0.3) is 0 Å². The van der Waals surface area contributed by atoms with Crippen molar-refractivity contribution < 1.29 is 19.4 Å². The molecule has 1 unspecified atom stereocenters. The van der Waals surface area contributed by atoms with Crippen LogP contribution in [0, 0.1) is 0 Å². The molecular formula is C13H15N3O4S. The minimum absolute atomic E-state index is 0.0364. The number of hydrogen-bond acceptors (Lipinski definition) is 6. The summed E-state index contributed by atoms with van der Waals surface area (Å²) in [5, 5.41) is 9.48. The fraction of sp³-hybridized carbons (Fsp3) is 0.462. The van der Waals surface area contributed by atoms with Crippen LogP contribution in [0.1, 0.15) is 0 Å². The SMILES string of the molecule is O=C(O)CSc1nc2cccnc2n1CC1COCCO1. The maximum atomic E-state index is 10.8. The van der Waals surface area contributed by atoms with Gasteiger partial charge in [-0.05, 0) is 12.1 Å². The van der Waals surface area contributed by atoms with E-state index < -0.39 is 5.97 Å². The summed E-state index contributed by atoms with van der Waals surface area (Å²) < 4.78 is 13.0. The van der Waals surface area contributed by atoms with E-state index in [-0.39, 0.29) is 11.9 Å². The van der Waals surface area contributed by atoms with Gasteiger partial charge in [0.2, 0.25) is 0 Å². The molecule has 1 atom stereocenters. The standard InChI is InChI=1S/C13H15N3O4S/c17-11(18)8-21-13-15-10-2-1-3-14-12(10)16(13)6-9-7-19-4-5-20-9/h1-3,9H,4-8H2,(H,17,18).